The second-order valence-corrected chi connectivity index (χ2v) is 4.27. The van der Waals surface area contributed by atoms with E-state index in [1.165, 1.54) is 11.8 Å². The smallest absolute Gasteiger partial charge is 0.316 e. The second-order valence-electron chi connectivity index (χ2n) is 3.31. The molecule has 2 aromatic rings. The molecule has 0 atom stereocenters. The van der Waals surface area contributed by atoms with E-state index in [4.69, 9.17) is 4.74 Å². The molecule has 0 fully saturated rings. The highest BCUT2D eigenvalue weighted by Gasteiger charge is 2.08. The van der Waals surface area contributed by atoms with Crippen molar-refractivity contribution < 1.29 is 9.53 Å². The van der Waals surface area contributed by atoms with Gasteiger partial charge in [0.05, 0.1) is 12.4 Å². The number of carbonyl (C=O) groups excluding carboxylic acids is 1. The van der Waals surface area contributed by atoms with Crippen LogP contribution < -0.4 is 0 Å². The van der Waals surface area contributed by atoms with Crippen molar-refractivity contribution in [1.82, 2.24) is 20.2 Å². The number of rotatable bonds is 5. The Morgan fingerprint density at radius 2 is 2.17 bits per heavy atom. The number of esters is 1. The van der Waals surface area contributed by atoms with Gasteiger partial charge in [-0.05, 0) is 19.1 Å². The zero-order chi connectivity index (χ0) is 12.8. The summed E-state index contributed by atoms with van der Waals surface area (Å²) in [6.07, 6.45) is 3.37. The molecule has 0 amide bonds. The lowest BCUT2D eigenvalue weighted by Crippen LogP contribution is -2.06. The number of hydrogen-bond donors (Lipinski definition) is 1. The molecule has 0 saturated heterocycles. The van der Waals surface area contributed by atoms with Crippen LogP contribution in [0.4, 0.5) is 0 Å². The molecule has 0 aliphatic heterocycles. The minimum Gasteiger partial charge on any atom is -0.465 e. The van der Waals surface area contributed by atoms with E-state index >= 15 is 0 Å². The van der Waals surface area contributed by atoms with Crippen molar-refractivity contribution in [2.24, 2.45) is 0 Å². The molecule has 7 heteroatoms. The van der Waals surface area contributed by atoms with Gasteiger partial charge in [-0.2, -0.15) is 0 Å². The standard InChI is InChI=1S/C11H12N4O2S/c1-2-17-9(16)7-18-11-13-10(14-15-11)8-3-5-12-6-4-8/h3-6H,2,7H2,1H3,(H,13,14,15). The van der Waals surface area contributed by atoms with Crippen LogP contribution in [-0.4, -0.2) is 38.5 Å². The highest BCUT2D eigenvalue weighted by Crippen LogP contribution is 2.18. The molecule has 0 radical (unpaired) electrons. The zero-order valence-electron chi connectivity index (χ0n) is 9.79. The Kier molecular flexibility index (Phi) is 4.30. The number of aromatic amines is 1. The van der Waals surface area contributed by atoms with Crippen molar-refractivity contribution in [2.75, 3.05) is 12.4 Å². The van der Waals surface area contributed by atoms with Crippen molar-refractivity contribution in [2.45, 2.75) is 12.1 Å². The minimum absolute atomic E-state index is 0.221. The lowest BCUT2D eigenvalue weighted by Gasteiger charge is -1.98. The zero-order valence-corrected chi connectivity index (χ0v) is 10.6. The predicted octanol–water partition coefficient (Wildman–Crippen LogP) is 1.52. The fraction of sp³-hybridized carbons (Fsp3) is 0.273. The van der Waals surface area contributed by atoms with E-state index < -0.39 is 0 Å². The molecular formula is C11H12N4O2S. The largest absolute Gasteiger partial charge is 0.465 e. The van der Waals surface area contributed by atoms with Crippen molar-refractivity contribution >= 4 is 17.7 Å². The predicted molar refractivity (Wildman–Crippen MR) is 67.0 cm³/mol. The molecule has 0 aliphatic rings. The normalized spacial score (nSPS) is 10.3. The van der Waals surface area contributed by atoms with Gasteiger partial charge in [0.25, 0.3) is 0 Å². The van der Waals surface area contributed by atoms with Gasteiger partial charge in [0.15, 0.2) is 11.0 Å². The Hall–Kier alpha value is -1.89. The molecule has 0 saturated carbocycles. The fourth-order valence-electron chi connectivity index (χ4n) is 1.28. The maximum Gasteiger partial charge on any atom is 0.316 e. The summed E-state index contributed by atoms with van der Waals surface area (Å²) in [5, 5.41) is 8.55. The highest BCUT2D eigenvalue weighted by atomic mass is 32.2. The van der Waals surface area contributed by atoms with Gasteiger partial charge in [0.1, 0.15) is 0 Å². The van der Waals surface area contributed by atoms with Gasteiger partial charge in [0.2, 0.25) is 0 Å². The first-order chi connectivity index (χ1) is 8.79. The maximum absolute atomic E-state index is 11.2. The molecule has 0 bridgehead atoms. The summed E-state index contributed by atoms with van der Waals surface area (Å²) in [4.78, 5) is 18.1. The highest BCUT2D eigenvalue weighted by molar-refractivity contribution is 7.99. The summed E-state index contributed by atoms with van der Waals surface area (Å²) in [7, 11) is 0. The van der Waals surface area contributed by atoms with E-state index in [0.29, 0.717) is 17.6 Å². The first kappa shape index (κ1) is 12.6. The minimum atomic E-state index is -0.260. The van der Waals surface area contributed by atoms with Crippen LogP contribution in [0.5, 0.6) is 0 Å². The fourth-order valence-corrected chi connectivity index (χ4v) is 1.89. The monoisotopic (exact) mass is 264 g/mol. The number of hydrogen-bond acceptors (Lipinski definition) is 6. The van der Waals surface area contributed by atoms with Crippen LogP contribution in [0.3, 0.4) is 0 Å². The van der Waals surface area contributed by atoms with Crippen molar-refractivity contribution in [1.29, 1.82) is 0 Å². The number of ether oxygens (including phenoxy) is 1. The number of nitrogens with one attached hydrogen (secondary N) is 1. The summed E-state index contributed by atoms with van der Waals surface area (Å²) in [5.41, 5.74) is 0.903. The number of nitrogens with zero attached hydrogens (tertiary/aromatic N) is 3. The first-order valence-electron chi connectivity index (χ1n) is 5.41. The van der Waals surface area contributed by atoms with Gasteiger partial charge < -0.3 is 9.72 Å². The maximum atomic E-state index is 11.2. The van der Waals surface area contributed by atoms with Gasteiger partial charge in [-0.25, -0.2) is 0 Å². The third-order valence-corrected chi connectivity index (χ3v) is 2.89. The number of H-pyrrole nitrogens is 1. The van der Waals surface area contributed by atoms with E-state index in [1.54, 1.807) is 19.3 Å². The number of thioether (sulfide) groups is 1. The quantitative estimate of drug-likeness (QED) is 0.651. The molecule has 0 aliphatic carbocycles. The summed E-state index contributed by atoms with van der Waals surface area (Å²) in [6.45, 7) is 2.16. The van der Waals surface area contributed by atoms with Crippen LogP contribution in [0.1, 0.15) is 6.92 Å². The molecule has 94 valence electrons. The molecule has 2 rings (SSSR count). The van der Waals surface area contributed by atoms with Gasteiger partial charge in [0, 0.05) is 18.0 Å². The summed E-state index contributed by atoms with van der Waals surface area (Å²) >= 11 is 1.26. The third kappa shape index (κ3) is 3.30. The van der Waals surface area contributed by atoms with Gasteiger partial charge in [-0.15, -0.1) is 10.2 Å². The Morgan fingerprint density at radius 1 is 1.39 bits per heavy atom. The molecule has 2 aromatic heterocycles. The van der Waals surface area contributed by atoms with Crippen molar-refractivity contribution in [3.05, 3.63) is 24.5 Å². The Bertz CT molecular complexity index is 515. The van der Waals surface area contributed by atoms with Gasteiger partial charge in [-0.1, -0.05) is 11.8 Å². The molecule has 1 N–H and O–H groups in total. The lowest BCUT2D eigenvalue weighted by atomic mass is 10.3. The van der Waals surface area contributed by atoms with E-state index in [0.717, 1.165) is 5.56 Å². The lowest BCUT2D eigenvalue weighted by molar-refractivity contribution is -0.139. The number of pyridine rings is 1. The van der Waals surface area contributed by atoms with Gasteiger partial charge in [-0.3, -0.25) is 9.78 Å². The first-order valence-corrected chi connectivity index (χ1v) is 6.39. The summed E-state index contributed by atoms with van der Waals surface area (Å²) < 4.78 is 4.82. The van der Waals surface area contributed by atoms with E-state index in [-0.39, 0.29) is 11.7 Å². The molecule has 0 aromatic carbocycles. The van der Waals surface area contributed by atoms with Crippen LogP contribution in [-0.2, 0) is 9.53 Å². The van der Waals surface area contributed by atoms with Crippen molar-refractivity contribution in [3.8, 4) is 11.4 Å². The molecular weight excluding hydrogens is 252 g/mol. The van der Waals surface area contributed by atoms with Crippen molar-refractivity contribution in [3.63, 3.8) is 0 Å². The third-order valence-electron chi connectivity index (χ3n) is 2.05. The molecule has 18 heavy (non-hydrogen) atoms. The van der Waals surface area contributed by atoms with Crippen LogP contribution in [0, 0.1) is 0 Å². The van der Waals surface area contributed by atoms with Crippen LogP contribution in [0.2, 0.25) is 0 Å². The molecule has 2 heterocycles. The SMILES string of the molecule is CCOC(=O)CSc1nnc(-c2ccncc2)[nH]1. The van der Waals surface area contributed by atoms with E-state index in [1.807, 2.05) is 12.1 Å². The topological polar surface area (TPSA) is 80.8 Å². The summed E-state index contributed by atoms with van der Waals surface area (Å²) in [5.74, 6) is 0.617. The Balaban J connectivity index is 1.97. The average molecular weight is 264 g/mol. The molecule has 0 spiro atoms. The number of carbonyl (C=O) groups is 1. The molecule has 0 unspecified atom stereocenters. The van der Waals surface area contributed by atoms with E-state index in [2.05, 4.69) is 20.2 Å². The van der Waals surface area contributed by atoms with Crippen LogP contribution in [0.15, 0.2) is 29.7 Å². The average Bonchev–Trinajstić information content (AvgIpc) is 2.87. The number of aromatic nitrogens is 4. The van der Waals surface area contributed by atoms with Gasteiger partial charge >= 0.3 is 5.97 Å². The Morgan fingerprint density at radius 3 is 2.89 bits per heavy atom. The Labute approximate surface area is 108 Å². The molecule has 6 nitrogen and oxygen atoms in total. The van der Waals surface area contributed by atoms with Crippen LogP contribution in [0.25, 0.3) is 11.4 Å². The van der Waals surface area contributed by atoms with E-state index in [9.17, 15) is 4.79 Å². The van der Waals surface area contributed by atoms with Crippen LogP contribution >= 0.6 is 11.8 Å². The second kappa shape index (κ2) is 6.15. The summed E-state index contributed by atoms with van der Waals surface area (Å²) in [6, 6.07) is 3.67.